The number of aryl methyl sites for hydroxylation is 1. The van der Waals surface area contributed by atoms with Gasteiger partial charge in [0.05, 0.1) is 5.54 Å². The van der Waals surface area contributed by atoms with Crippen molar-refractivity contribution in [3.8, 4) is 0 Å². The molecule has 1 heterocycles. The molecule has 3 atom stereocenters. The van der Waals surface area contributed by atoms with Gasteiger partial charge in [-0.15, -0.1) is 0 Å². The predicted molar refractivity (Wildman–Crippen MR) is 120 cm³/mol. The molecule has 3 aromatic rings. The number of likely N-dealkylation sites (N-methyl/N-ethyl adjacent to an activating group) is 1. The van der Waals surface area contributed by atoms with Crippen molar-refractivity contribution in [2.24, 2.45) is 0 Å². The number of benzene rings is 2. The van der Waals surface area contributed by atoms with Gasteiger partial charge in [0.25, 0.3) is 5.91 Å². The lowest BCUT2D eigenvalue weighted by Gasteiger charge is -2.33. The molecular weight excluding hydrogens is 370 g/mol. The third-order valence-corrected chi connectivity index (χ3v) is 7.98. The van der Waals surface area contributed by atoms with Crippen molar-refractivity contribution in [1.29, 1.82) is 0 Å². The van der Waals surface area contributed by atoms with Gasteiger partial charge in [0.1, 0.15) is 5.69 Å². The van der Waals surface area contributed by atoms with Gasteiger partial charge in [0.15, 0.2) is 0 Å². The molecule has 0 bridgehead atoms. The van der Waals surface area contributed by atoms with Crippen molar-refractivity contribution in [2.45, 2.75) is 62.6 Å². The van der Waals surface area contributed by atoms with E-state index in [1.54, 1.807) is 0 Å². The number of rotatable bonds is 5. The van der Waals surface area contributed by atoms with Crippen LogP contribution in [0.1, 0.15) is 66.7 Å². The molecule has 4 heteroatoms. The van der Waals surface area contributed by atoms with E-state index in [1.807, 2.05) is 24.3 Å². The topological polar surface area (TPSA) is 48.1 Å². The fourth-order valence-corrected chi connectivity index (χ4v) is 6.55. The molecule has 0 spiro atoms. The maximum absolute atomic E-state index is 13.6. The van der Waals surface area contributed by atoms with Gasteiger partial charge in [0, 0.05) is 29.0 Å². The maximum atomic E-state index is 13.6. The molecule has 0 radical (unpaired) electrons. The third kappa shape index (κ3) is 2.46. The van der Waals surface area contributed by atoms with Crippen LogP contribution >= 0.6 is 0 Å². The summed E-state index contributed by atoms with van der Waals surface area (Å²) in [4.78, 5) is 19.1. The Kier molecular flexibility index (Phi) is 3.91. The number of amides is 1. The molecule has 6 rings (SSSR count). The van der Waals surface area contributed by atoms with Gasteiger partial charge in [0.2, 0.25) is 0 Å². The summed E-state index contributed by atoms with van der Waals surface area (Å²) in [5.74, 6) is 0.145. The van der Waals surface area contributed by atoms with Crippen LogP contribution in [0.5, 0.6) is 0 Å². The molecule has 2 fully saturated rings. The molecule has 2 saturated carbocycles. The molecule has 1 aromatic heterocycles. The van der Waals surface area contributed by atoms with Crippen LogP contribution in [0.2, 0.25) is 0 Å². The summed E-state index contributed by atoms with van der Waals surface area (Å²) in [6.07, 6.45) is 6.87. The number of nitrogens with zero attached hydrogens (tertiary/aromatic N) is 1. The van der Waals surface area contributed by atoms with Crippen LogP contribution < -0.4 is 5.32 Å². The maximum Gasteiger partial charge on any atom is 0.270 e. The van der Waals surface area contributed by atoms with Gasteiger partial charge in [-0.1, -0.05) is 42.5 Å². The lowest BCUT2D eigenvalue weighted by atomic mass is 10.0. The summed E-state index contributed by atoms with van der Waals surface area (Å²) in [6, 6.07) is 19.4. The number of carbonyl (C=O) groups is 1. The second kappa shape index (κ2) is 6.45. The Labute approximate surface area is 177 Å². The van der Waals surface area contributed by atoms with Gasteiger partial charge >= 0.3 is 0 Å². The third-order valence-electron chi connectivity index (χ3n) is 7.98. The minimum Gasteiger partial charge on any atom is -0.351 e. The van der Waals surface area contributed by atoms with Crippen LogP contribution in [-0.2, 0) is 6.42 Å². The zero-order valence-corrected chi connectivity index (χ0v) is 17.6. The lowest BCUT2D eigenvalue weighted by molar-refractivity contribution is 0.0628. The first-order chi connectivity index (χ1) is 14.7. The Morgan fingerprint density at radius 1 is 1.17 bits per heavy atom. The highest BCUT2D eigenvalue weighted by Gasteiger charge is 2.73. The molecule has 3 aliphatic carbocycles. The summed E-state index contributed by atoms with van der Waals surface area (Å²) in [6.45, 7) is 2.88. The van der Waals surface area contributed by atoms with Crippen molar-refractivity contribution >= 4 is 16.8 Å². The van der Waals surface area contributed by atoms with E-state index >= 15 is 0 Å². The van der Waals surface area contributed by atoms with Crippen LogP contribution in [-0.4, -0.2) is 33.4 Å². The molecule has 2 aromatic carbocycles. The summed E-state index contributed by atoms with van der Waals surface area (Å²) in [7, 11) is 0. The highest BCUT2D eigenvalue weighted by Crippen LogP contribution is 2.64. The summed E-state index contributed by atoms with van der Waals surface area (Å²) in [5.41, 5.74) is 4.73. The molecule has 0 unspecified atom stereocenters. The molecule has 4 nitrogen and oxygen atoms in total. The molecule has 3 aliphatic rings. The predicted octanol–water partition coefficient (Wildman–Crippen LogP) is 4.97. The van der Waals surface area contributed by atoms with Crippen LogP contribution in [0.15, 0.2) is 54.6 Å². The van der Waals surface area contributed by atoms with Crippen molar-refractivity contribution in [1.82, 2.24) is 15.2 Å². The van der Waals surface area contributed by atoms with Crippen molar-refractivity contribution in [3.63, 3.8) is 0 Å². The van der Waals surface area contributed by atoms with Crippen molar-refractivity contribution in [3.05, 3.63) is 71.4 Å². The van der Waals surface area contributed by atoms with Gasteiger partial charge in [-0.25, -0.2) is 0 Å². The van der Waals surface area contributed by atoms with Gasteiger partial charge < -0.3 is 15.2 Å². The molecule has 30 heavy (non-hydrogen) atoms. The fourth-order valence-electron chi connectivity index (χ4n) is 6.55. The average molecular weight is 400 g/mol. The molecule has 154 valence electrons. The molecule has 1 amide bonds. The number of H-pyrrole nitrogens is 1. The molecule has 0 aliphatic heterocycles. The minimum atomic E-state index is -0.0341. The van der Waals surface area contributed by atoms with Crippen LogP contribution in [0.4, 0.5) is 0 Å². The number of nitrogens with one attached hydrogen (secondary N) is 2. The number of hydrogen-bond acceptors (Lipinski definition) is 2. The molecular formula is C26H29N3O. The number of aromatic amines is 1. The van der Waals surface area contributed by atoms with Crippen LogP contribution in [0.25, 0.3) is 10.9 Å². The summed E-state index contributed by atoms with van der Waals surface area (Å²) < 4.78 is 0. The van der Waals surface area contributed by atoms with Crippen LogP contribution in [0.3, 0.4) is 0 Å². The Balaban J connectivity index is 1.29. The monoisotopic (exact) mass is 399 g/mol. The summed E-state index contributed by atoms with van der Waals surface area (Å²) in [5, 5.41) is 5.17. The van der Waals surface area contributed by atoms with E-state index in [0.717, 1.165) is 36.7 Å². The Bertz CT molecular complexity index is 1100. The van der Waals surface area contributed by atoms with E-state index < -0.39 is 0 Å². The standard InChI is InChI=1S/C26H29N3O/c1-2-29(24(30)23-16-19-9-4-6-11-21(19)27-23)26-15-7-14-25(26,17-26)28-22-13-12-18-8-3-5-10-20(18)22/h3-6,8-11,16,22,27-28H,2,7,12-15,17H2,1H3/t22-,25-,26+/m0/s1. The van der Waals surface area contributed by atoms with Crippen LogP contribution in [0, 0.1) is 0 Å². The minimum absolute atomic E-state index is 0.0341. The highest BCUT2D eigenvalue weighted by molar-refractivity contribution is 5.98. The van der Waals surface area contributed by atoms with E-state index in [-0.39, 0.29) is 17.0 Å². The number of aromatic nitrogens is 1. The molecule has 2 N–H and O–H groups in total. The average Bonchev–Trinajstić information content (AvgIpc) is 3.16. The first kappa shape index (κ1) is 18.2. The second-order valence-corrected chi connectivity index (χ2v) is 9.40. The van der Waals surface area contributed by atoms with Gasteiger partial charge in [-0.2, -0.15) is 0 Å². The second-order valence-electron chi connectivity index (χ2n) is 9.40. The number of fused-ring (bicyclic) bond motifs is 3. The van der Waals surface area contributed by atoms with Gasteiger partial charge in [-0.05, 0) is 68.7 Å². The fraction of sp³-hybridized carbons (Fsp3) is 0.423. The van der Waals surface area contributed by atoms with E-state index in [9.17, 15) is 4.79 Å². The number of para-hydroxylation sites is 1. The first-order valence-electron chi connectivity index (χ1n) is 11.4. The van der Waals surface area contributed by atoms with E-state index in [2.05, 4.69) is 52.5 Å². The zero-order valence-electron chi connectivity index (χ0n) is 17.6. The summed E-state index contributed by atoms with van der Waals surface area (Å²) >= 11 is 0. The smallest absolute Gasteiger partial charge is 0.270 e. The van der Waals surface area contributed by atoms with E-state index in [4.69, 9.17) is 0 Å². The Morgan fingerprint density at radius 3 is 2.87 bits per heavy atom. The first-order valence-corrected chi connectivity index (χ1v) is 11.4. The highest BCUT2D eigenvalue weighted by atomic mass is 16.2. The SMILES string of the molecule is CCN(C(=O)c1cc2ccccc2[nH]1)[C@@]12CCC[C@]1(N[C@H]1CCc3ccccc31)C2. The van der Waals surface area contributed by atoms with E-state index in [0.29, 0.717) is 11.7 Å². The number of hydrogen-bond donors (Lipinski definition) is 2. The van der Waals surface area contributed by atoms with Gasteiger partial charge in [-0.3, -0.25) is 4.79 Å². The Morgan fingerprint density at radius 2 is 2.00 bits per heavy atom. The normalized spacial score (nSPS) is 29.0. The lowest BCUT2D eigenvalue weighted by Crippen LogP contribution is -2.50. The van der Waals surface area contributed by atoms with Crippen molar-refractivity contribution < 1.29 is 4.79 Å². The quantitative estimate of drug-likeness (QED) is 0.636. The molecule has 0 saturated heterocycles. The largest absolute Gasteiger partial charge is 0.351 e. The Hall–Kier alpha value is -2.59. The van der Waals surface area contributed by atoms with Crippen molar-refractivity contribution in [2.75, 3.05) is 6.54 Å². The number of carbonyl (C=O) groups excluding carboxylic acids is 1. The zero-order chi connectivity index (χ0) is 20.3. The van der Waals surface area contributed by atoms with E-state index in [1.165, 1.54) is 30.4 Å².